The Morgan fingerprint density at radius 3 is 2.60 bits per heavy atom. The number of nitrogens with one attached hydrogen (secondary N) is 2. The van der Waals surface area contributed by atoms with Gasteiger partial charge < -0.3 is 10.6 Å². The van der Waals surface area contributed by atoms with Crippen molar-refractivity contribution in [2.24, 2.45) is 0 Å². The second-order valence-electron chi connectivity index (χ2n) is 5.03. The average Bonchev–Trinajstić information content (AvgIpc) is 2.38. The normalized spacial score (nSPS) is 21.1. The molecule has 6 heteroatoms. The number of rotatable bonds is 4. The average molecular weight is 296 g/mol. The standard InChI is InChI=1S/C14H20N2O3S/c1-2-15-14(17)11-5-7-12(8-6-11)16-13-4-3-9-20(18,19)10-13/h5-8,13,16H,2-4,9-10H2,1H3,(H,15,17). The minimum atomic E-state index is -2.91. The molecule has 1 aliphatic rings. The first kappa shape index (κ1) is 14.8. The highest BCUT2D eigenvalue weighted by Gasteiger charge is 2.24. The summed E-state index contributed by atoms with van der Waals surface area (Å²) in [6.07, 6.45) is 1.56. The highest BCUT2D eigenvalue weighted by molar-refractivity contribution is 7.91. The van der Waals surface area contributed by atoms with Crippen LogP contribution >= 0.6 is 0 Å². The lowest BCUT2D eigenvalue weighted by Gasteiger charge is -2.24. The van der Waals surface area contributed by atoms with E-state index in [-0.39, 0.29) is 17.7 Å². The maximum absolute atomic E-state index is 11.6. The zero-order chi connectivity index (χ0) is 14.6. The molecule has 2 N–H and O–H groups in total. The second kappa shape index (κ2) is 6.26. The highest BCUT2D eigenvalue weighted by Crippen LogP contribution is 2.18. The van der Waals surface area contributed by atoms with Gasteiger partial charge in [0.2, 0.25) is 0 Å². The van der Waals surface area contributed by atoms with Crippen molar-refractivity contribution in [2.45, 2.75) is 25.8 Å². The molecule has 20 heavy (non-hydrogen) atoms. The van der Waals surface area contributed by atoms with Crippen molar-refractivity contribution in [3.05, 3.63) is 29.8 Å². The molecule has 1 fully saturated rings. The molecular formula is C14H20N2O3S. The fourth-order valence-electron chi connectivity index (χ4n) is 2.35. The largest absolute Gasteiger partial charge is 0.381 e. The maximum atomic E-state index is 11.6. The van der Waals surface area contributed by atoms with E-state index in [9.17, 15) is 13.2 Å². The maximum Gasteiger partial charge on any atom is 0.251 e. The number of carbonyl (C=O) groups is 1. The SMILES string of the molecule is CCNC(=O)c1ccc(NC2CCCS(=O)(=O)C2)cc1. The Bertz CT molecular complexity index is 567. The van der Waals surface area contributed by atoms with Crippen molar-refractivity contribution in [3.63, 3.8) is 0 Å². The van der Waals surface area contributed by atoms with Gasteiger partial charge in [-0.15, -0.1) is 0 Å². The van der Waals surface area contributed by atoms with Crippen LogP contribution in [0.1, 0.15) is 30.1 Å². The van der Waals surface area contributed by atoms with Gasteiger partial charge in [0.1, 0.15) is 0 Å². The third-order valence-corrected chi connectivity index (χ3v) is 5.14. The van der Waals surface area contributed by atoms with Gasteiger partial charge in [0.05, 0.1) is 11.5 Å². The molecule has 0 radical (unpaired) electrons. The molecule has 0 aliphatic carbocycles. The van der Waals surface area contributed by atoms with Gasteiger partial charge >= 0.3 is 0 Å². The van der Waals surface area contributed by atoms with Crippen LogP contribution < -0.4 is 10.6 Å². The number of sulfone groups is 1. The van der Waals surface area contributed by atoms with E-state index in [0.717, 1.165) is 12.1 Å². The second-order valence-corrected chi connectivity index (χ2v) is 7.26. The molecular weight excluding hydrogens is 276 g/mol. The molecule has 1 aromatic rings. The van der Waals surface area contributed by atoms with Gasteiger partial charge in [-0.2, -0.15) is 0 Å². The van der Waals surface area contributed by atoms with E-state index in [1.165, 1.54) is 0 Å². The van der Waals surface area contributed by atoms with Crippen molar-refractivity contribution in [2.75, 3.05) is 23.4 Å². The quantitative estimate of drug-likeness (QED) is 0.881. The molecule has 1 aromatic carbocycles. The number of anilines is 1. The van der Waals surface area contributed by atoms with Crippen LogP contribution in [-0.2, 0) is 9.84 Å². The monoisotopic (exact) mass is 296 g/mol. The van der Waals surface area contributed by atoms with Gasteiger partial charge in [0, 0.05) is 23.8 Å². The molecule has 2 rings (SSSR count). The van der Waals surface area contributed by atoms with E-state index in [0.29, 0.717) is 24.3 Å². The third-order valence-electron chi connectivity index (χ3n) is 3.32. The van der Waals surface area contributed by atoms with E-state index >= 15 is 0 Å². The van der Waals surface area contributed by atoms with Crippen molar-refractivity contribution in [3.8, 4) is 0 Å². The van der Waals surface area contributed by atoms with Crippen LogP contribution in [0.3, 0.4) is 0 Å². The summed E-state index contributed by atoms with van der Waals surface area (Å²) < 4.78 is 23.1. The topological polar surface area (TPSA) is 75.3 Å². The fraction of sp³-hybridized carbons (Fsp3) is 0.500. The van der Waals surface area contributed by atoms with E-state index in [4.69, 9.17) is 0 Å². The molecule has 0 aromatic heterocycles. The molecule has 5 nitrogen and oxygen atoms in total. The van der Waals surface area contributed by atoms with Crippen LogP contribution in [0.2, 0.25) is 0 Å². The van der Waals surface area contributed by atoms with Crippen LogP contribution in [0.5, 0.6) is 0 Å². The summed E-state index contributed by atoms with van der Waals surface area (Å²) in [7, 11) is -2.91. The predicted octanol–water partition coefficient (Wildman–Crippen LogP) is 1.43. The van der Waals surface area contributed by atoms with Crippen molar-refractivity contribution >= 4 is 21.4 Å². The Labute approximate surface area is 119 Å². The van der Waals surface area contributed by atoms with Crippen LogP contribution in [0, 0.1) is 0 Å². The number of carbonyl (C=O) groups excluding carboxylic acids is 1. The van der Waals surface area contributed by atoms with Gasteiger partial charge in [0.25, 0.3) is 5.91 Å². The zero-order valence-electron chi connectivity index (χ0n) is 11.6. The van der Waals surface area contributed by atoms with Gasteiger partial charge in [-0.1, -0.05) is 0 Å². The molecule has 1 atom stereocenters. The molecule has 0 spiro atoms. The van der Waals surface area contributed by atoms with E-state index < -0.39 is 9.84 Å². The molecule has 1 heterocycles. The lowest BCUT2D eigenvalue weighted by Crippen LogP contribution is -2.34. The van der Waals surface area contributed by atoms with Crippen LogP contribution in [0.15, 0.2) is 24.3 Å². The first-order valence-electron chi connectivity index (χ1n) is 6.85. The lowest BCUT2D eigenvalue weighted by molar-refractivity contribution is 0.0956. The first-order chi connectivity index (χ1) is 9.50. The van der Waals surface area contributed by atoms with Gasteiger partial charge in [0.15, 0.2) is 9.84 Å². The number of hydrogen-bond acceptors (Lipinski definition) is 4. The zero-order valence-corrected chi connectivity index (χ0v) is 12.4. The van der Waals surface area contributed by atoms with Gasteiger partial charge in [-0.05, 0) is 44.0 Å². The van der Waals surface area contributed by atoms with E-state index in [1.54, 1.807) is 12.1 Å². The first-order valence-corrected chi connectivity index (χ1v) is 8.67. The van der Waals surface area contributed by atoms with E-state index in [1.807, 2.05) is 19.1 Å². The van der Waals surface area contributed by atoms with Crippen molar-refractivity contribution < 1.29 is 13.2 Å². The predicted molar refractivity (Wildman–Crippen MR) is 79.7 cm³/mol. The highest BCUT2D eigenvalue weighted by atomic mass is 32.2. The summed E-state index contributed by atoms with van der Waals surface area (Å²) >= 11 is 0. The molecule has 1 aliphatic heterocycles. The number of benzene rings is 1. The Kier molecular flexibility index (Phi) is 4.65. The molecule has 110 valence electrons. The van der Waals surface area contributed by atoms with Crippen LogP contribution in [0.25, 0.3) is 0 Å². The summed E-state index contributed by atoms with van der Waals surface area (Å²) in [6.45, 7) is 2.47. The molecule has 1 saturated heterocycles. The summed E-state index contributed by atoms with van der Waals surface area (Å²) in [4.78, 5) is 11.6. The summed E-state index contributed by atoms with van der Waals surface area (Å²) in [5.74, 6) is 0.381. The summed E-state index contributed by atoms with van der Waals surface area (Å²) in [5.41, 5.74) is 1.45. The minimum absolute atomic E-state index is 0.0379. The van der Waals surface area contributed by atoms with Gasteiger partial charge in [-0.3, -0.25) is 4.79 Å². The minimum Gasteiger partial charge on any atom is -0.381 e. The molecule has 1 amide bonds. The van der Waals surface area contributed by atoms with Crippen molar-refractivity contribution in [1.29, 1.82) is 0 Å². The smallest absolute Gasteiger partial charge is 0.251 e. The molecule has 0 bridgehead atoms. The van der Waals surface area contributed by atoms with Crippen molar-refractivity contribution in [1.82, 2.24) is 5.32 Å². The Hall–Kier alpha value is -1.56. The Balaban J connectivity index is 1.98. The van der Waals surface area contributed by atoms with Crippen LogP contribution in [-0.4, -0.2) is 38.4 Å². The third kappa shape index (κ3) is 3.96. The van der Waals surface area contributed by atoms with Crippen LogP contribution in [0.4, 0.5) is 5.69 Å². The Morgan fingerprint density at radius 1 is 1.30 bits per heavy atom. The molecule has 1 unspecified atom stereocenters. The van der Waals surface area contributed by atoms with E-state index in [2.05, 4.69) is 10.6 Å². The van der Waals surface area contributed by atoms with Gasteiger partial charge in [-0.25, -0.2) is 8.42 Å². The number of hydrogen-bond donors (Lipinski definition) is 2. The number of amides is 1. The lowest BCUT2D eigenvalue weighted by atomic mass is 10.1. The molecule has 0 saturated carbocycles. The summed E-state index contributed by atoms with van der Waals surface area (Å²) in [6, 6.07) is 7.07. The summed E-state index contributed by atoms with van der Waals surface area (Å²) in [5, 5.41) is 5.96. The fourth-order valence-corrected chi connectivity index (χ4v) is 3.99. The Morgan fingerprint density at radius 2 is 2.00 bits per heavy atom.